The molecule has 0 spiro atoms. The summed E-state index contributed by atoms with van der Waals surface area (Å²) in [5.74, 6) is 0. The molecule has 0 unspecified atom stereocenters. The molecule has 0 fully saturated rings. The number of alkyl halides is 3. The lowest BCUT2D eigenvalue weighted by molar-refractivity contribution is -0.137. The zero-order valence-electron chi connectivity index (χ0n) is 54.8. The highest BCUT2D eigenvalue weighted by Crippen LogP contribution is 2.48. The van der Waals surface area contributed by atoms with Gasteiger partial charge < -0.3 is 18.3 Å². The van der Waals surface area contributed by atoms with E-state index in [1.807, 2.05) is 61.5 Å². The first-order chi connectivity index (χ1) is 46.8. The number of aromatic nitrogens is 4. The number of nitriles is 3. The van der Waals surface area contributed by atoms with Gasteiger partial charge in [-0.05, 0) is 220 Å². The van der Waals surface area contributed by atoms with E-state index in [-0.39, 0.29) is 16.8 Å². The molecule has 0 aliphatic rings. The molecule has 466 valence electrons. The van der Waals surface area contributed by atoms with E-state index >= 15 is 0 Å². The van der Waals surface area contributed by atoms with Gasteiger partial charge in [0.2, 0.25) is 0 Å². The van der Waals surface area contributed by atoms with Gasteiger partial charge in [0.1, 0.15) is 0 Å². The SMILES string of the molecule is Cc1cc(C#N)ccc1-c1cc(-n2c3cccc(C)c3c3c(C)cccc32)c(-n2c3cccc(C)c3c3c(C)cccc32)cc1C#N.[C-]#[N+]c1cc(C(F)(F)F)ccc1-c1cc(-n2c3cccc(C)c3c3c(C)cccc32)c(-n2c3cccc(C)c3c3c(C)cccc32)cc1C#N. The predicted octanol–water partition coefficient (Wildman–Crippen LogP) is 23.1. The Morgan fingerprint density at radius 2 is 0.588 bits per heavy atom. The van der Waals surface area contributed by atoms with Gasteiger partial charge in [0.05, 0.1) is 108 Å². The van der Waals surface area contributed by atoms with Gasteiger partial charge in [-0.3, -0.25) is 0 Å². The highest BCUT2D eigenvalue weighted by atomic mass is 19.4. The lowest BCUT2D eigenvalue weighted by Crippen LogP contribution is -2.06. The Hall–Kier alpha value is -12.4. The Bertz CT molecular complexity index is 6050. The molecule has 0 N–H and O–H groups in total. The second-order valence-corrected chi connectivity index (χ2v) is 25.6. The Morgan fingerprint density at radius 3 is 0.845 bits per heavy atom. The zero-order chi connectivity index (χ0) is 67.6. The van der Waals surface area contributed by atoms with Crippen molar-refractivity contribution in [1.82, 2.24) is 18.3 Å². The Kier molecular flexibility index (Phi) is 14.4. The maximum atomic E-state index is 13.8. The number of aryl methyl sites for hydroxylation is 9. The van der Waals surface area contributed by atoms with E-state index in [1.54, 1.807) is 0 Å². The molecule has 12 aromatic carbocycles. The summed E-state index contributed by atoms with van der Waals surface area (Å²) in [6, 6.07) is 74.7. The summed E-state index contributed by atoms with van der Waals surface area (Å²) in [7, 11) is 0. The summed E-state index contributed by atoms with van der Waals surface area (Å²) in [5.41, 5.74) is 24.8. The highest BCUT2D eigenvalue weighted by molar-refractivity contribution is 6.17. The predicted molar refractivity (Wildman–Crippen MR) is 389 cm³/mol. The maximum absolute atomic E-state index is 13.8. The van der Waals surface area contributed by atoms with E-state index in [1.165, 1.54) is 49.9 Å². The Labute approximate surface area is 558 Å². The summed E-state index contributed by atoms with van der Waals surface area (Å²) in [6.45, 7) is 27.0. The molecule has 8 nitrogen and oxygen atoms in total. The van der Waals surface area contributed by atoms with Crippen LogP contribution < -0.4 is 0 Å². The first-order valence-electron chi connectivity index (χ1n) is 32.1. The van der Waals surface area contributed by atoms with Crippen molar-refractivity contribution in [3.63, 3.8) is 0 Å². The molecule has 4 heterocycles. The minimum atomic E-state index is -4.61. The van der Waals surface area contributed by atoms with Crippen LogP contribution in [0, 0.1) is 103 Å². The smallest absolute Gasteiger partial charge is 0.307 e. The summed E-state index contributed by atoms with van der Waals surface area (Å²) in [4.78, 5) is 3.51. The van der Waals surface area contributed by atoms with Crippen LogP contribution in [0.25, 0.3) is 137 Å². The number of fused-ring (bicyclic) bond motifs is 12. The minimum absolute atomic E-state index is 0.174. The summed E-state index contributed by atoms with van der Waals surface area (Å²) >= 11 is 0. The van der Waals surface area contributed by atoms with E-state index in [2.05, 4.69) is 230 Å². The standard InChI is InChI=1S/C43H29F3N4.C43H32N4/c1-24-10-6-14-33-39(24)40-25(2)11-7-15-34(40)49(33)37-20-28(23-47)31(30-19-18-29(43(44,45)46)21-32(30)48-5)22-38(37)50-35-16-8-12-26(3)41(35)42-27(4)13-9-17-36(42)50;1-25-10-6-14-34-40(25)41-26(2)11-7-15-35(41)46(34)38-21-31(24-45)33(32-19-18-30(23-44)20-29(32)5)22-39(38)47-36-16-8-12-27(3)42(36)43-28(4)13-9-17-37(43)47/h6-22H,1-4H3;6-22H,1-5H3. The molecule has 0 aliphatic carbocycles. The number of rotatable bonds is 6. The molecule has 16 aromatic rings. The minimum Gasteiger partial charge on any atom is -0.307 e. The topological polar surface area (TPSA) is 95.4 Å². The molecule has 0 saturated heterocycles. The van der Waals surface area contributed by atoms with Crippen LogP contribution in [0.15, 0.2) is 206 Å². The third kappa shape index (κ3) is 9.38. The Balaban J connectivity index is 0.000000159. The van der Waals surface area contributed by atoms with Crippen LogP contribution >= 0.6 is 0 Å². The van der Waals surface area contributed by atoms with Gasteiger partial charge in [0, 0.05) is 54.2 Å². The van der Waals surface area contributed by atoms with Crippen LogP contribution in [0.2, 0.25) is 0 Å². The lowest BCUT2D eigenvalue weighted by Gasteiger charge is -2.20. The van der Waals surface area contributed by atoms with Crippen molar-refractivity contribution in [1.29, 1.82) is 15.8 Å². The van der Waals surface area contributed by atoms with Crippen molar-refractivity contribution in [2.45, 2.75) is 68.5 Å². The molecule has 4 aromatic heterocycles. The van der Waals surface area contributed by atoms with Crippen LogP contribution in [0.5, 0.6) is 0 Å². The fraction of sp³-hybridized carbons (Fsp3) is 0.116. The highest BCUT2D eigenvalue weighted by Gasteiger charge is 2.32. The third-order valence-electron chi connectivity index (χ3n) is 19.7. The second kappa shape index (κ2) is 23.0. The van der Waals surface area contributed by atoms with Crippen molar-refractivity contribution < 1.29 is 13.2 Å². The molecule has 0 aliphatic heterocycles. The van der Waals surface area contributed by atoms with Crippen LogP contribution in [0.3, 0.4) is 0 Å². The van der Waals surface area contributed by atoms with Crippen molar-refractivity contribution in [2.75, 3.05) is 0 Å². The first kappa shape index (κ1) is 60.8. The van der Waals surface area contributed by atoms with E-state index in [4.69, 9.17) is 6.57 Å². The molecule has 16 rings (SSSR count). The Morgan fingerprint density at radius 1 is 0.309 bits per heavy atom. The molecular formula is C86H61F3N8. The van der Waals surface area contributed by atoms with Gasteiger partial charge in [0.15, 0.2) is 5.69 Å². The molecule has 0 saturated carbocycles. The van der Waals surface area contributed by atoms with Crippen LogP contribution in [-0.2, 0) is 6.18 Å². The molecule has 11 heteroatoms. The van der Waals surface area contributed by atoms with Gasteiger partial charge in [-0.15, -0.1) is 0 Å². The molecule has 97 heavy (non-hydrogen) atoms. The van der Waals surface area contributed by atoms with Crippen molar-refractivity contribution >= 4 is 92.9 Å². The van der Waals surface area contributed by atoms with E-state index in [0.29, 0.717) is 16.7 Å². The lowest BCUT2D eigenvalue weighted by atomic mass is 9.93. The quantitative estimate of drug-likeness (QED) is 0.155. The first-order valence-corrected chi connectivity index (χ1v) is 32.1. The van der Waals surface area contributed by atoms with Crippen molar-refractivity contribution in [3.8, 4) is 63.2 Å². The molecular weight excluding hydrogens is 1200 g/mol. The monoisotopic (exact) mass is 1260 g/mol. The number of halogens is 3. The molecule has 0 radical (unpaired) electrons. The van der Waals surface area contributed by atoms with Crippen LogP contribution in [-0.4, -0.2) is 18.3 Å². The average molecular weight is 1260 g/mol. The van der Waals surface area contributed by atoms with E-state index in [0.717, 1.165) is 140 Å². The van der Waals surface area contributed by atoms with Gasteiger partial charge >= 0.3 is 6.18 Å². The van der Waals surface area contributed by atoms with Crippen molar-refractivity contribution in [3.05, 3.63) is 290 Å². The zero-order valence-corrected chi connectivity index (χ0v) is 54.8. The van der Waals surface area contributed by atoms with Crippen LogP contribution in [0.4, 0.5) is 18.9 Å². The number of hydrogen-bond donors (Lipinski definition) is 0. The summed E-state index contributed by atoms with van der Waals surface area (Å²) in [6.07, 6.45) is -4.61. The molecule has 0 atom stereocenters. The summed E-state index contributed by atoms with van der Waals surface area (Å²) in [5, 5.41) is 40.3. The van der Waals surface area contributed by atoms with Crippen LogP contribution in [0.1, 0.15) is 72.3 Å². The number of benzene rings is 12. The number of nitrogens with zero attached hydrogens (tertiary/aromatic N) is 8. The van der Waals surface area contributed by atoms with Crippen molar-refractivity contribution in [2.24, 2.45) is 0 Å². The normalized spacial score (nSPS) is 11.7. The maximum Gasteiger partial charge on any atom is 0.415 e. The van der Waals surface area contributed by atoms with Gasteiger partial charge in [0.25, 0.3) is 0 Å². The fourth-order valence-electron chi connectivity index (χ4n) is 15.4. The van der Waals surface area contributed by atoms with Gasteiger partial charge in [-0.2, -0.15) is 29.0 Å². The van der Waals surface area contributed by atoms with E-state index < -0.39 is 11.7 Å². The molecule has 0 amide bonds. The average Bonchev–Trinajstić information content (AvgIpc) is 1.58. The molecule has 0 bridgehead atoms. The van der Waals surface area contributed by atoms with Gasteiger partial charge in [-0.25, -0.2) is 4.85 Å². The fourth-order valence-corrected chi connectivity index (χ4v) is 15.4. The largest absolute Gasteiger partial charge is 0.415 e. The number of hydrogen-bond acceptors (Lipinski definition) is 3. The summed E-state index contributed by atoms with van der Waals surface area (Å²) < 4.78 is 50.4. The third-order valence-corrected chi connectivity index (χ3v) is 19.7. The second-order valence-electron chi connectivity index (χ2n) is 25.6. The van der Waals surface area contributed by atoms with E-state index in [9.17, 15) is 29.0 Å². The van der Waals surface area contributed by atoms with Gasteiger partial charge in [-0.1, -0.05) is 115 Å².